The molecule has 0 heterocycles. The zero-order valence-electron chi connectivity index (χ0n) is 10.8. The van der Waals surface area contributed by atoms with Gasteiger partial charge in [-0.05, 0) is 24.0 Å². The lowest BCUT2D eigenvalue weighted by atomic mass is 10.1. The topological polar surface area (TPSA) is 90.2 Å². The first-order valence-electron chi connectivity index (χ1n) is 6.04. The molecule has 0 aliphatic heterocycles. The third kappa shape index (κ3) is 5.39. The number of benzene rings is 1. The van der Waals surface area contributed by atoms with Crippen LogP contribution in [-0.4, -0.2) is 26.7 Å². The fraction of sp³-hybridized carbons (Fsp3) is 0.462. The highest BCUT2D eigenvalue weighted by atomic mass is 32.2. The number of nitriles is 1. The van der Waals surface area contributed by atoms with E-state index in [0.717, 1.165) is 0 Å². The lowest BCUT2D eigenvalue weighted by molar-refractivity contribution is 0.263. The fourth-order valence-electron chi connectivity index (χ4n) is 1.60. The fourth-order valence-corrected chi connectivity index (χ4v) is 2.90. The number of aliphatic hydroxyl groups excluding tert-OH is 1. The highest BCUT2D eigenvalue weighted by Gasteiger charge is 2.15. The highest BCUT2D eigenvalue weighted by molar-refractivity contribution is 7.88. The van der Waals surface area contributed by atoms with Crippen LogP contribution < -0.4 is 4.72 Å². The predicted octanol–water partition coefficient (Wildman–Crippen LogP) is 0.996. The van der Waals surface area contributed by atoms with Gasteiger partial charge in [-0.1, -0.05) is 25.1 Å². The smallest absolute Gasteiger partial charge is 0.215 e. The molecule has 0 aliphatic rings. The van der Waals surface area contributed by atoms with Crippen molar-refractivity contribution in [3.8, 4) is 6.07 Å². The normalized spacial score (nSPS) is 12.9. The van der Waals surface area contributed by atoms with Crippen molar-refractivity contribution in [2.45, 2.75) is 19.1 Å². The van der Waals surface area contributed by atoms with E-state index in [9.17, 15) is 8.42 Å². The summed E-state index contributed by atoms with van der Waals surface area (Å²) < 4.78 is 26.3. The van der Waals surface area contributed by atoms with Crippen LogP contribution in [0.25, 0.3) is 0 Å². The lowest BCUT2D eigenvalue weighted by Gasteiger charge is -2.12. The number of rotatable bonds is 7. The number of aliphatic hydroxyl groups is 1. The van der Waals surface area contributed by atoms with Crippen molar-refractivity contribution in [3.63, 3.8) is 0 Å². The van der Waals surface area contributed by atoms with Gasteiger partial charge in [0.25, 0.3) is 0 Å². The molecule has 1 unspecified atom stereocenters. The van der Waals surface area contributed by atoms with Gasteiger partial charge in [-0.15, -0.1) is 0 Å². The molecule has 0 saturated carbocycles. The van der Waals surface area contributed by atoms with E-state index >= 15 is 0 Å². The maximum atomic E-state index is 11.9. The SMILES string of the molecule is CC(CCO)CNS(=O)(=O)Cc1ccccc1C#N. The van der Waals surface area contributed by atoms with Gasteiger partial charge in [-0.25, -0.2) is 13.1 Å². The first-order valence-corrected chi connectivity index (χ1v) is 7.70. The summed E-state index contributed by atoms with van der Waals surface area (Å²) in [6.07, 6.45) is 0.553. The van der Waals surface area contributed by atoms with Gasteiger partial charge in [0.05, 0.1) is 17.4 Å². The summed E-state index contributed by atoms with van der Waals surface area (Å²) >= 11 is 0. The van der Waals surface area contributed by atoms with Gasteiger partial charge >= 0.3 is 0 Å². The van der Waals surface area contributed by atoms with Crippen molar-refractivity contribution in [2.24, 2.45) is 5.92 Å². The molecule has 1 atom stereocenters. The molecule has 0 radical (unpaired) electrons. The maximum absolute atomic E-state index is 11.9. The standard InChI is InChI=1S/C13H18N2O3S/c1-11(6-7-16)9-15-19(17,18)10-13-5-3-2-4-12(13)8-14/h2-5,11,15-16H,6-7,9-10H2,1H3. The van der Waals surface area contributed by atoms with Crippen LogP contribution in [0.5, 0.6) is 0 Å². The van der Waals surface area contributed by atoms with E-state index in [-0.39, 0.29) is 24.8 Å². The van der Waals surface area contributed by atoms with Gasteiger partial charge in [0.15, 0.2) is 0 Å². The molecule has 0 amide bonds. The summed E-state index contributed by atoms with van der Waals surface area (Å²) in [7, 11) is -3.46. The van der Waals surface area contributed by atoms with Crippen molar-refractivity contribution in [3.05, 3.63) is 35.4 Å². The van der Waals surface area contributed by atoms with E-state index < -0.39 is 10.0 Å². The van der Waals surface area contributed by atoms with Crippen LogP contribution >= 0.6 is 0 Å². The molecular formula is C13H18N2O3S. The molecule has 6 heteroatoms. The second-order valence-corrected chi connectivity index (χ2v) is 6.30. The van der Waals surface area contributed by atoms with Crippen molar-refractivity contribution in [2.75, 3.05) is 13.2 Å². The quantitative estimate of drug-likeness (QED) is 0.780. The van der Waals surface area contributed by atoms with Crippen LogP contribution in [0.2, 0.25) is 0 Å². The Morgan fingerprint density at radius 1 is 1.42 bits per heavy atom. The average Bonchev–Trinajstić information content (AvgIpc) is 2.37. The molecule has 1 aromatic rings. The molecule has 104 valence electrons. The minimum absolute atomic E-state index is 0.0418. The van der Waals surface area contributed by atoms with E-state index in [4.69, 9.17) is 10.4 Å². The van der Waals surface area contributed by atoms with Gasteiger partial charge in [-0.3, -0.25) is 0 Å². The molecule has 0 bridgehead atoms. The third-order valence-corrected chi connectivity index (χ3v) is 4.05. The third-order valence-electron chi connectivity index (χ3n) is 2.76. The number of nitrogens with zero attached hydrogens (tertiary/aromatic N) is 1. The van der Waals surface area contributed by atoms with E-state index in [1.54, 1.807) is 24.3 Å². The average molecular weight is 282 g/mol. The Labute approximate surface area is 113 Å². The van der Waals surface area contributed by atoms with E-state index in [0.29, 0.717) is 17.5 Å². The first-order chi connectivity index (χ1) is 8.98. The minimum Gasteiger partial charge on any atom is -0.396 e. The number of hydrogen-bond acceptors (Lipinski definition) is 4. The number of nitrogens with one attached hydrogen (secondary N) is 1. The Balaban J connectivity index is 2.67. The first kappa shape index (κ1) is 15.6. The highest BCUT2D eigenvalue weighted by Crippen LogP contribution is 2.11. The second-order valence-electron chi connectivity index (χ2n) is 4.49. The van der Waals surface area contributed by atoms with Crippen LogP contribution in [-0.2, 0) is 15.8 Å². The molecule has 0 saturated heterocycles. The number of sulfonamides is 1. The van der Waals surface area contributed by atoms with Crippen molar-refractivity contribution in [1.29, 1.82) is 5.26 Å². The van der Waals surface area contributed by atoms with Crippen LogP contribution in [0, 0.1) is 17.2 Å². The van der Waals surface area contributed by atoms with Gasteiger partial charge in [-0.2, -0.15) is 5.26 Å². The molecular weight excluding hydrogens is 264 g/mol. The summed E-state index contributed by atoms with van der Waals surface area (Å²) in [6, 6.07) is 8.62. The Morgan fingerprint density at radius 3 is 2.74 bits per heavy atom. The van der Waals surface area contributed by atoms with Crippen molar-refractivity contribution in [1.82, 2.24) is 4.72 Å². The Hall–Kier alpha value is -1.42. The van der Waals surface area contributed by atoms with Crippen molar-refractivity contribution < 1.29 is 13.5 Å². The van der Waals surface area contributed by atoms with Crippen LogP contribution in [0.1, 0.15) is 24.5 Å². The zero-order valence-corrected chi connectivity index (χ0v) is 11.7. The Kier molecular flexibility index (Phi) is 5.96. The second kappa shape index (κ2) is 7.24. The van der Waals surface area contributed by atoms with E-state index in [1.165, 1.54) is 0 Å². The monoisotopic (exact) mass is 282 g/mol. The van der Waals surface area contributed by atoms with Gasteiger partial charge in [0.1, 0.15) is 0 Å². The molecule has 0 aromatic heterocycles. The largest absolute Gasteiger partial charge is 0.396 e. The van der Waals surface area contributed by atoms with Gasteiger partial charge in [0, 0.05) is 13.2 Å². The van der Waals surface area contributed by atoms with Crippen LogP contribution in [0.15, 0.2) is 24.3 Å². The minimum atomic E-state index is -3.46. The summed E-state index contributed by atoms with van der Waals surface area (Å²) in [5, 5.41) is 17.7. The number of hydrogen-bond donors (Lipinski definition) is 2. The summed E-state index contributed by atoms with van der Waals surface area (Å²) in [5.74, 6) is -0.131. The van der Waals surface area contributed by atoms with Gasteiger partial charge in [0.2, 0.25) is 10.0 Å². The molecule has 19 heavy (non-hydrogen) atoms. The molecule has 0 fully saturated rings. The Morgan fingerprint density at radius 2 is 2.11 bits per heavy atom. The molecule has 0 aliphatic carbocycles. The summed E-state index contributed by atoms with van der Waals surface area (Å²) in [5.41, 5.74) is 0.864. The van der Waals surface area contributed by atoms with Crippen molar-refractivity contribution >= 4 is 10.0 Å². The van der Waals surface area contributed by atoms with Gasteiger partial charge < -0.3 is 5.11 Å². The lowest BCUT2D eigenvalue weighted by Crippen LogP contribution is -2.30. The predicted molar refractivity (Wildman–Crippen MR) is 72.7 cm³/mol. The van der Waals surface area contributed by atoms with E-state index in [1.807, 2.05) is 13.0 Å². The summed E-state index contributed by atoms with van der Waals surface area (Å²) in [6.45, 7) is 2.19. The zero-order chi connectivity index (χ0) is 14.3. The molecule has 0 spiro atoms. The summed E-state index contributed by atoms with van der Waals surface area (Å²) in [4.78, 5) is 0. The molecule has 2 N–H and O–H groups in total. The van der Waals surface area contributed by atoms with Crippen LogP contribution in [0.4, 0.5) is 0 Å². The van der Waals surface area contributed by atoms with E-state index in [2.05, 4.69) is 4.72 Å². The van der Waals surface area contributed by atoms with Crippen LogP contribution in [0.3, 0.4) is 0 Å². The molecule has 1 rings (SSSR count). The maximum Gasteiger partial charge on any atom is 0.215 e. The molecule has 5 nitrogen and oxygen atoms in total. The molecule has 1 aromatic carbocycles. The Bertz CT molecular complexity index is 549.